The molecule has 0 aliphatic carbocycles. The largest absolute Gasteiger partial charge is 0.506 e. The van der Waals surface area contributed by atoms with E-state index in [1.54, 1.807) is 48.8 Å². The molecule has 0 bridgehead atoms. The van der Waals surface area contributed by atoms with E-state index in [0.29, 0.717) is 16.5 Å². The van der Waals surface area contributed by atoms with Gasteiger partial charge in [0.2, 0.25) is 0 Å². The molecule has 23 heavy (non-hydrogen) atoms. The average Bonchev–Trinajstić information content (AvgIpc) is 2.56. The molecule has 3 rings (SSSR count). The lowest BCUT2D eigenvalue weighted by molar-refractivity contribution is 0.0951. The quantitative estimate of drug-likeness (QED) is 0.502. The van der Waals surface area contributed by atoms with Crippen LogP contribution in [-0.4, -0.2) is 27.2 Å². The fourth-order valence-electron chi connectivity index (χ4n) is 2.11. The number of aromatic amines is 1. The summed E-state index contributed by atoms with van der Waals surface area (Å²) in [6, 6.07) is 10.1. The van der Waals surface area contributed by atoms with Crippen molar-refractivity contribution in [1.82, 2.24) is 15.4 Å². The van der Waals surface area contributed by atoms with Crippen molar-refractivity contribution in [3.63, 3.8) is 0 Å². The number of H-pyrrole nitrogens is 1. The third kappa shape index (κ3) is 2.93. The van der Waals surface area contributed by atoms with Gasteiger partial charge in [0.15, 0.2) is 0 Å². The minimum Gasteiger partial charge on any atom is -0.506 e. The Balaban J connectivity index is 1.89. The lowest BCUT2D eigenvalue weighted by atomic mass is 10.1. The highest BCUT2D eigenvalue weighted by Gasteiger charge is 2.18. The number of hydrogen-bond donors (Lipinski definition) is 3. The van der Waals surface area contributed by atoms with Gasteiger partial charge in [-0.2, -0.15) is 5.10 Å². The predicted molar refractivity (Wildman–Crippen MR) is 85.5 cm³/mol. The van der Waals surface area contributed by atoms with Crippen LogP contribution in [0.25, 0.3) is 10.9 Å². The van der Waals surface area contributed by atoms with Crippen molar-refractivity contribution in [3.05, 3.63) is 70.3 Å². The molecular formula is C16H12N4O3. The number of nitrogens with zero attached hydrogens (tertiary/aromatic N) is 2. The van der Waals surface area contributed by atoms with Gasteiger partial charge in [-0.3, -0.25) is 14.6 Å². The van der Waals surface area contributed by atoms with Gasteiger partial charge in [0.05, 0.1) is 11.7 Å². The van der Waals surface area contributed by atoms with Crippen molar-refractivity contribution in [2.45, 2.75) is 0 Å². The molecule has 2 aromatic heterocycles. The van der Waals surface area contributed by atoms with Crippen LogP contribution in [0.15, 0.2) is 58.7 Å². The lowest BCUT2D eigenvalue weighted by Gasteiger charge is -2.05. The molecule has 2 heterocycles. The Kier molecular flexibility index (Phi) is 3.84. The summed E-state index contributed by atoms with van der Waals surface area (Å²) in [6.07, 6.45) is 4.57. The number of nitrogens with one attached hydrogen (secondary N) is 2. The summed E-state index contributed by atoms with van der Waals surface area (Å²) in [5.74, 6) is -1.17. The number of pyridine rings is 2. The number of hydrazone groups is 1. The monoisotopic (exact) mass is 308 g/mol. The van der Waals surface area contributed by atoms with Crippen LogP contribution in [-0.2, 0) is 0 Å². The van der Waals surface area contributed by atoms with E-state index in [9.17, 15) is 14.7 Å². The van der Waals surface area contributed by atoms with Crippen LogP contribution < -0.4 is 11.0 Å². The zero-order valence-electron chi connectivity index (χ0n) is 11.9. The maximum atomic E-state index is 12.1. The Bertz CT molecular complexity index is 948. The molecule has 0 unspecified atom stereocenters. The van der Waals surface area contributed by atoms with Gasteiger partial charge < -0.3 is 10.1 Å². The first-order chi connectivity index (χ1) is 11.2. The van der Waals surface area contributed by atoms with E-state index in [1.165, 1.54) is 6.21 Å². The number of carbonyl (C=O) groups excluding carboxylic acids is 1. The second-order valence-electron chi connectivity index (χ2n) is 4.71. The van der Waals surface area contributed by atoms with E-state index in [2.05, 4.69) is 20.5 Å². The fraction of sp³-hybridized carbons (Fsp3) is 0. The number of aromatic hydroxyl groups is 1. The van der Waals surface area contributed by atoms with Gasteiger partial charge in [0, 0.05) is 23.3 Å². The first-order valence-electron chi connectivity index (χ1n) is 6.74. The molecule has 0 aliphatic rings. The highest BCUT2D eigenvalue weighted by atomic mass is 16.3. The van der Waals surface area contributed by atoms with Gasteiger partial charge in [-0.15, -0.1) is 0 Å². The minimum atomic E-state index is -0.797. The Morgan fingerprint density at radius 2 is 2.09 bits per heavy atom. The van der Waals surface area contributed by atoms with E-state index >= 15 is 0 Å². The number of para-hydroxylation sites is 1. The van der Waals surface area contributed by atoms with Gasteiger partial charge in [-0.25, -0.2) is 5.43 Å². The van der Waals surface area contributed by atoms with Crippen molar-refractivity contribution >= 4 is 23.0 Å². The molecule has 0 saturated heterocycles. The van der Waals surface area contributed by atoms with Crippen molar-refractivity contribution in [1.29, 1.82) is 0 Å². The maximum absolute atomic E-state index is 12.1. The molecule has 0 atom stereocenters. The highest BCUT2D eigenvalue weighted by Crippen LogP contribution is 2.24. The maximum Gasteiger partial charge on any atom is 0.280 e. The summed E-state index contributed by atoms with van der Waals surface area (Å²) in [4.78, 5) is 30.5. The normalized spacial score (nSPS) is 11.0. The van der Waals surface area contributed by atoms with Crippen LogP contribution in [0.4, 0.5) is 0 Å². The SMILES string of the molecule is O=C(NN=Cc1cccnc1)c1c(O)c2ccccc2[nH]c1=O. The van der Waals surface area contributed by atoms with Crippen LogP contribution >= 0.6 is 0 Å². The first-order valence-corrected chi connectivity index (χ1v) is 6.74. The number of hydrogen-bond acceptors (Lipinski definition) is 5. The fourth-order valence-corrected chi connectivity index (χ4v) is 2.11. The summed E-state index contributed by atoms with van der Waals surface area (Å²) < 4.78 is 0. The lowest BCUT2D eigenvalue weighted by Crippen LogP contribution is -2.26. The van der Waals surface area contributed by atoms with Gasteiger partial charge >= 0.3 is 0 Å². The third-order valence-corrected chi connectivity index (χ3v) is 3.19. The first kappa shape index (κ1) is 14.5. The van der Waals surface area contributed by atoms with Gasteiger partial charge in [-0.1, -0.05) is 18.2 Å². The molecule has 3 N–H and O–H groups in total. The topological polar surface area (TPSA) is 107 Å². The number of amides is 1. The molecule has 0 saturated carbocycles. The molecule has 3 aromatic rings. The minimum absolute atomic E-state index is 0.376. The molecule has 114 valence electrons. The predicted octanol–water partition coefficient (Wildman–Crippen LogP) is 1.39. The second-order valence-corrected chi connectivity index (χ2v) is 4.71. The Hall–Kier alpha value is -3.48. The number of benzene rings is 1. The van der Waals surface area contributed by atoms with E-state index in [-0.39, 0.29) is 11.3 Å². The van der Waals surface area contributed by atoms with E-state index in [4.69, 9.17) is 0 Å². The van der Waals surface area contributed by atoms with Crippen LogP contribution in [0.2, 0.25) is 0 Å². The van der Waals surface area contributed by atoms with Crippen molar-refractivity contribution < 1.29 is 9.90 Å². The highest BCUT2D eigenvalue weighted by molar-refractivity contribution is 6.02. The summed E-state index contributed by atoms with van der Waals surface area (Å²) in [6.45, 7) is 0. The van der Waals surface area contributed by atoms with Crippen LogP contribution in [0.3, 0.4) is 0 Å². The van der Waals surface area contributed by atoms with Crippen LogP contribution in [0, 0.1) is 0 Å². The smallest absolute Gasteiger partial charge is 0.280 e. The number of rotatable bonds is 3. The molecule has 0 aliphatic heterocycles. The van der Waals surface area contributed by atoms with Crippen molar-refractivity contribution in [2.75, 3.05) is 0 Å². The van der Waals surface area contributed by atoms with Crippen molar-refractivity contribution in [2.24, 2.45) is 5.10 Å². The van der Waals surface area contributed by atoms with Gasteiger partial charge in [-0.05, 0) is 18.2 Å². The molecule has 1 amide bonds. The second kappa shape index (κ2) is 6.10. The summed E-state index contributed by atoms with van der Waals surface area (Å²) >= 11 is 0. The van der Waals surface area contributed by atoms with Crippen LogP contribution in [0.1, 0.15) is 15.9 Å². The number of fused-ring (bicyclic) bond motifs is 1. The molecule has 1 aromatic carbocycles. The molecule has 0 spiro atoms. The average molecular weight is 308 g/mol. The molecule has 0 radical (unpaired) electrons. The number of aromatic nitrogens is 2. The summed E-state index contributed by atoms with van der Waals surface area (Å²) in [7, 11) is 0. The van der Waals surface area contributed by atoms with E-state index < -0.39 is 11.5 Å². The Labute approximate surface area is 130 Å². The summed E-state index contributed by atoms with van der Waals surface area (Å²) in [5.41, 5.74) is 2.28. The number of carbonyl (C=O) groups is 1. The zero-order valence-corrected chi connectivity index (χ0v) is 11.9. The van der Waals surface area contributed by atoms with E-state index in [0.717, 1.165) is 0 Å². The van der Waals surface area contributed by atoms with Gasteiger partial charge in [0.1, 0.15) is 11.3 Å². The summed E-state index contributed by atoms with van der Waals surface area (Å²) in [5, 5.41) is 14.3. The standard InChI is InChI=1S/C16H12N4O3/c21-14-11-5-1-2-6-12(11)19-15(22)13(14)16(23)20-18-9-10-4-3-7-17-8-10/h1-9H,(H,20,23)(H2,19,21,22). The molecule has 7 heteroatoms. The van der Waals surface area contributed by atoms with Gasteiger partial charge in [0.25, 0.3) is 11.5 Å². The van der Waals surface area contributed by atoms with Crippen LogP contribution in [0.5, 0.6) is 5.75 Å². The van der Waals surface area contributed by atoms with E-state index in [1.807, 2.05) is 0 Å². The molecule has 0 fully saturated rings. The Morgan fingerprint density at radius 1 is 1.26 bits per heavy atom. The molecular weight excluding hydrogens is 296 g/mol. The van der Waals surface area contributed by atoms with Crippen molar-refractivity contribution in [3.8, 4) is 5.75 Å². The zero-order chi connectivity index (χ0) is 16.2. The Morgan fingerprint density at radius 3 is 2.87 bits per heavy atom. The molecule has 7 nitrogen and oxygen atoms in total. The third-order valence-electron chi connectivity index (χ3n) is 3.19.